The Morgan fingerprint density at radius 3 is 2.87 bits per heavy atom. The summed E-state index contributed by atoms with van der Waals surface area (Å²) in [6.45, 7) is 2.30. The summed E-state index contributed by atoms with van der Waals surface area (Å²) < 4.78 is 0. The quantitative estimate of drug-likeness (QED) is 0.627. The monoisotopic (exact) mass is 200 g/mol. The van der Waals surface area contributed by atoms with Crippen LogP contribution in [0.15, 0.2) is 24.3 Å². The Bertz CT molecular complexity index is 408. The van der Waals surface area contributed by atoms with Gasteiger partial charge in [0.15, 0.2) is 5.78 Å². The molecule has 0 saturated heterocycles. The number of benzene rings is 1. The normalized spacial score (nSPS) is 33.7. The number of ketones is 1. The van der Waals surface area contributed by atoms with Crippen molar-refractivity contribution in [3.8, 4) is 0 Å². The van der Waals surface area contributed by atoms with E-state index in [0.29, 0.717) is 23.5 Å². The fraction of sp³-hybridized carbons (Fsp3) is 0.500. The van der Waals surface area contributed by atoms with E-state index in [1.807, 2.05) is 12.1 Å². The first-order chi connectivity index (χ1) is 7.29. The molecule has 0 aromatic heterocycles. The lowest BCUT2D eigenvalue weighted by molar-refractivity contribution is 0.0873. The van der Waals surface area contributed by atoms with Gasteiger partial charge in [-0.15, -0.1) is 0 Å². The minimum Gasteiger partial charge on any atom is -0.294 e. The third kappa shape index (κ3) is 1.19. The fourth-order valence-corrected chi connectivity index (χ4v) is 3.44. The molecule has 1 aromatic rings. The maximum atomic E-state index is 12.2. The van der Waals surface area contributed by atoms with Crippen LogP contribution < -0.4 is 0 Å². The number of rotatable bonds is 0. The van der Waals surface area contributed by atoms with E-state index in [2.05, 4.69) is 19.1 Å². The average Bonchev–Trinajstić information content (AvgIpc) is 2.55. The lowest BCUT2D eigenvalue weighted by atomic mass is 9.73. The molecule has 78 valence electrons. The van der Waals surface area contributed by atoms with Crippen molar-refractivity contribution in [1.29, 1.82) is 0 Å². The molecule has 1 saturated carbocycles. The minimum absolute atomic E-state index is 0.297. The van der Waals surface area contributed by atoms with Crippen molar-refractivity contribution in [3.63, 3.8) is 0 Å². The summed E-state index contributed by atoms with van der Waals surface area (Å²) in [5.74, 6) is 1.90. The van der Waals surface area contributed by atoms with Gasteiger partial charge < -0.3 is 0 Å². The van der Waals surface area contributed by atoms with Gasteiger partial charge in [0.1, 0.15) is 0 Å². The van der Waals surface area contributed by atoms with Crippen LogP contribution in [0.5, 0.6) is 0 Å². The van der Waals surface area contributed by atoms with E-state index in [-0.39, 0.29) is 0 Å². The molecule has 0 heterocycles. The third-order valence-corrected chi connectivity index (χ3v) is 4.14. The summed E-state index contributed by atoms with van der Waals surface area (Å²) in [4.78, 5) is 12.2. The molecule has 0 radical (unpaired) electrons. The van der Waals surface area contributed by atoms with E-state index in [4.69, 9.17) is 0 Å². The fourth-order valence-electron chi connectivity index (χ4n) is 3.44. The van der Waals surface area contributed by atoms with Crippen LogP contribution in [0, 0.1) is 11.8 Å². The summed E-state index contributed by atoms with van der Waals surface area (Å²) in [6, 6.07) is 8.21. The van der Waals surface area contributed by atoms with Crippen LogP contribution in [0.4, 0.5) is 0 Å². The largest absolute Gasteiger partial charge is 0.294 e. The van der Waals surface area contributed by atoms with E-state index in [1.165, 1.54) is 18.4 Å². The Kier molecular flexibility index (Phi) is 1.95. The number of hydrogen-bond donors (Lipinski definition) is 0. The summed E-state index contributed by atoms with van der Waals surface area (Å²) in [5.41, 5.74) is 2.32. The van der Waals surface area contributed by atoms with Gasteiger partial charge in [-0.3, -0.25) is 4.79 Å². The molecule has 3 unspecified atom stereocenters. The molecule has 1 heteroatoms. The molecule has 0 aliphatic heterocycles. The first-order valence-corrected chi connectivity index (χ1v) is 5.92. The Morgan fingerprint density at radius 1 is 1.20 bits per heavy atom. The molecule has 1 aromatic carbocycles. The van der Waals surface area contributed by atoms with Crippen LogP contribution in [0.25, 0.3) is 0 Å². The Hall–Kier alpha value is -1.11. The number of hydrogen-bond acceptors (Lipinski definition) is 1. The van der Waals surface area contributed by atoms with Gasteiger partial charge in [-0.1, -0.05) is 44.0 Å². The first kappa shape index (κ1) is 9.14. The zero-order chi connectivity index (χ0) is 10.4. The SMILES string of the molecule is CC1CCCC2C(=O)c3ccccc3C12. The van der Waals surface area contributed by atoms with Gasteiger partial charge in [0.2, 0.25) is 0 Å². The topological polar surface area (TPSA) is 17.1 Å². The molecular weight excluding hydrogens is 184 g/mol. The molecule has 0 N–H and O–H groups in total. The molecule has 0 amide bonds. The van der Waals surface area contributed by atoms with Crippen LogP contribution in [-0.2, 0) is 0 Å². The first-order valence-electron chi connectivity index (χ1n) is 5.92. The van der Waals surface area contributed by atoms with Gasteiger partial charge in [-0.2, -0.15) is 0 Å². The highest BCUT2D eigenvalue weighted by Gasteiger charge is 2.43. The maximum absolute atomic E-state index is 12.2. The number of Topliss-reactive ketones (excluding diaryl/α,β-unsaturated/α-hetero) is 1. The van der Waals surface area contributed by atoms with Crippen molar-refractivity contribution in [3.05, 3.63) is 35.4 Å². The minimum atomic E-state index is 0.297. The summed E-state index contributed by atoms with van der Waals surface area (Å²) in [5, 5.41) is 0. The second-order valence-electron chi connectivity index (χ2n) is 4.99. The second-order valence-corrected chi connectivity index (χ2v) is 4.99. The van der Waals surface area contributed by atoms with Crippen molar-refractivity contribution in [2.24, 2.45) is 11.8 Å². The zero-order valence-electron chi connectivity index (χ0n) is 9.07. The Balaban J connectivity index is 2.12. The van der Waals surface area contributed by atoms with Crippen molar-refractivity contribution in [2.45, 2.75) is 32.1 Å². The molecule has 2 aliphatic rings. The van der Waals surface area contributed by atoms with Gasteiger partial charge in [0.05, 0.1) is 0 Å². The smallest absolute Gasteiger partial charge is 0.166 e. The highest BCUT2D eigenvalue weighted by Crippen LogP contribution is 2.49. The van der Waals surface area contributed by atoms with Crippen molar-refractivity contribution >= 4 is 5.78 Å². The zero-order valence-corrected chi connectivity index (χ0v) is 9.07. The molecule has 3 rings (SSSR count). The summed E-state index contributed by atoms with van der Waals surface area (Å²) in [6.07, 6.45) is 3.60. The van der Waals surface area contributed by atoms with E-state index in [1.54, 1.807) is 0 Å². The third-order valence-electron chi connectivity index (χ3n) is 4.14. The molecule has 0 bridgehead atoms. The van der Waals surface area contributed by atoms with Crippen LogP contribution in [-0.4, -0.2) is 5.78 Å². The molecular formula is C14H16O. The molecule has 0 spiro atoms. The van der Waals surface area contributed by atoms with E-state index in [9.17, 15) is 4.79 Å². The van der Waals surface area contributed by atoms with Crippen LogP contribution in [0.1, 0.15) is 48.0 Å². The number of carbonyl (C=O) groups is 1. The maximum Gasteiger partial charge on any atom is 0.166 e. The van der Waals surface area contributed by atoms with Crippen LogP contribution in [0.2, 0.25) is 0 Å². The number of fused-ring (bicyclic) bond motifs is 3. The summed E-state index contributed by atoms with van der Waals surface area (Å²) in [7, 11) is 0. The predicted molar refractivity (Wildman–Crippen MR) is 60.0 cm³/mol. The van der Waals surface area contributed by atoms with Crippen molar-refractivity contribution in [2.75, 3.05) is 0 Å². The molecule has 2 aliphatic carbocycles. The van der Waals surface area contributed by atoms with Gasteiger partial charge in [0.25, 0.3) is 0 Å². The molecule has 1 nitrogen and oxygen atoms in total. The van der Waals surface area contributed by atoms with E-state index >= 15 is 0 Å². The Morgan fingerprint density at radius 2 is 2.00 bits per heavy atom. The number of carbonyl (C=O) groups excluding carboxylic acids is 1. The van der Waals surface area contributed by atoms with Crippen LogP contribution in [0.3, 0.4) is 0 Å². The van der Waals surface area contributed by atoms with Crippen molar-refractivity contribution < 1.29 is 4.79 Å². The van der Waals surface area contributed by atoms with Gasteiger partial charge in [0, 0.05) is 11.5 Å². The second kappa shape index (κ2) is 3.19. The Labute approximate surface area is 90.5 Å². The van der Waals surface area contributed by atoms with Crippen LogP contribution >= 0.6 is 0 Å². The predicted octanol–water partition coefficient (Wildman–Crippen LogP) is 3.40. The van der Waals surface area contributed by atoms with E-state index in [0.717, 1.165) is 12.0 Å². The van der Waals surface area contributed by atoms with Crippen molar-refractivity contribution in [1.82, 2.24) is 0 Å². The molecule has 1 fully saturated rings. The standard InChI is InChI=1S/C14H16O/c1-9-5-4-8-12-13(9)10-6-2-3-7-11(10)14(12)15/h2-3,6-7,9,12-13H,4-5,8H2,1H3. The van der Waals surface area contributed by atoms with Gasteiger partial charge in [-0.05, 0) is 23.8 Å². The molecule has 3 atom stereocenters. The highest BCUT2D eigenvalue weighted by atomic mass is 16.1. The lowest BCUT2D eigenvalue weighted by Crippen LogP contribution is -2.24. The average molecular weight is 200 g/mol. The summed E-state index contributed by atoms with van der Waals surface area (Å²) >= 11 is 0. The van der Waals surface area contributed by atoms with E-state index < -0.39 is 0 Å². The molecule has 15 heavy (non-hydrogen) atoms. The van der Waals surface area contributed by atoms with Gasteiger partial charge in [-0.25, -0.2) is 0 Å². The van der Waals surface area contributed by atoms with Gasteiger partial charge >= 0.3 is 0 Å². The highest BCUT2D eigenvalue weighted by molar-refractivity contribution is 6.03. The lowest BCUT2D eigenvalue weighted by Gasteiger charge is -2.30.